The van der Waals surface area contributed by atoms with E-state index in [-0.39, 0.29) is 28.6 Å². The number of amides is 1. The third-order valence-corrected chi connectivity index (χ3v) is 4.29. The highest BCUT2D eigenvalue weighted by atomic mass is 35.5. The molecule has 2 aromatic carbocycles. The van der Waals surface area contributed by atoms with E-state index in [0.29, 0.717) is 24.3 Å². The average Bonchev–Trinajstić information content (AvgIpc) is 2.62. The number of carbonyl (C=O) groups is 1. The number of nitro groups is 1. The smallest absolute Gasteiger partial charge is 0.270 e. The van der Waals surface area contributed by atoms with E-state index < -0.39 is 10.8 Å². The molecule has 0 atom stereocenters. The Morgan fingerprint density at radius 2 is 1.92 bits per heavy atom. The van der Waals surface area contributed by atoms with Gasteiger partial charge in [0.1, 0.15) is 5.82 Å². The van der Waals surface area contributed by atoms with Gasteiger partial charge in [0, 0.05) is 31.8 Å². The minimum absolute atomic E-state index is 0.0141. The first-order valence-electron chi connectivity index (χ1n) is 8.12. The van der Waals surface area contributed by atoms with E-state index in [4.69, 9.17) is 11.6 Å². The molecule has 0 saturated heterocycles. The van der Waals surface area contributed by atoms with Gasteiger partial charge in [-0.05, 0) is 37.6 Å². The zero-order chi connectivity index (χ0) is 19.3. The monoisotopic (exact) mass is 379 g/mol. The van der Waals surface area contributed by atoms with Gasteiger partial charge in [0.2, 0.25) is 0 Å². The van der Waals surface area contributed by atoms with Crippen LogP contribution in [0.15, 0.2) is 36.4 Å². The number of nitrogens with zero attached hydrogens (tertiary/aromatic N) is 2. The maximum Gasteiger partial charge on any atom is 0.270 e. The molecule has 0 aliphatic rings. The third kappa shape index (κ3) is 4.49. The van der Waals surface area contributed by atoms with Crippen LogP contribution < -0.4 is 10.2 Å². The number of nitrogens with one attached hydrogen (secondary N) is 1. The molecule has 0 spiro atoms. The largest absolute Gasteiger partial charge is 0.370 e. The van der Waals surface area contributed by atoms with Crippen LogP contribution in [0.25, 0.3) is 0 Å². The molecule has 1 N–H and O–H groups in total. The topological polar surface area (TPSA) is 75.5 Å². The number of carbonyl (C=O) groups excluding carboxylic acids is 1. The predicted octanol–water partition coefficient (Wildman–Crippen LogP) is 4.16. The maximum absolute atomic E-state index is 14.3. The van der Waals surface area contributed by atoms with E-state index in [0.717, 1.165) is 6.07 Å². The summed E-state index contributed by atoms with van der Waals surface area (Å²) in [5.74, 6) is -0.841. The highest BCUT2D eigenvalue weighted by Crippen LogP contribution is 2.23. The van der Waals surface area contributed by atoms with Crippen molar-refractivity contribution in [3.8, 4) is 0 Å². The molecule has 0 aromatic heterocycles. The third-order valence-electron chi connectivity index (χ3n) is 3.98. The number of benzene rings is 2. The van der Waals surface area contributed by atoms with Crippen molar-refractivity contribution < 1.29 is 14.1 Å². The fraction of sp³-hybridized carbons (Fsp3) is 0.278. The lowest BCUT2D eigenvalue weighted by Crippen LogP contribution is -2.24. The van der Waals surface area contributed by atoms with Crippen LogP contribution in [-0.2, 0) is 6.54 Å². The zero-order valence-electron chi connectivity index (χ0n) is 14.5. The molecule has 0 heterocycles. The van der Waals surface area contributed by atoms with Gasteiger partial charge in [-0.3, -0.25) is 14.9 Å². The van der Waals surface area contributed by atoms with E-state index in [2.05, 4.69) is 5.32 Å². The second kappa shape index (κ2) is 8.62. The van der Waals surface area contributed by atoms with E-state index >= 15 is 0 Å². The van der Waals surface area contributed by atoms with Crippen molar-refractivity contribution in [3.63, 3.8) is 0 Å². The van der Waals surface area contributed by atoms with E-state index in [9.17, 15) is 19.3 Å². The molecule has 2 rings (SSSR count). The molecule has 0 aliphatic carbocycles. The summed E-state index contributed by atoms with van der Waals surface area (Å²) in [6.07, 6.45) is 0. The molecule has 1 amide bonds. The lowest BCUT2D eigenvalue weighted by Gasteiger charge is -2.22. The van der Waals surface area contributed by atoms with Crippen molar-refractivity contribution in [1.29, 1.82) is 0 Å². The molecule has 2 aromatic rings. The molecular formula is C18H19ClFN3O3. The van der Waals surface area contributed by atoms with Gasteiger partial charge in [0.05, 0.1) is 21.2 Å². The molecule has 26 heavy (non-hydrogen) atoms. The fourth-order valence-electron chi connectivity index (χ4n) is 2.56. The highest BCUT2D eigenvalue weighted by molar-refractivity contribution is 6.34. The first-order chi connectivity index (χ1) is 12.4. The summed E-state index contributed by atoms with van der Waals surface area (Å²) in [6.45, 7) is 5.40. The molecule has 0 unspecified atom stereocenters. The summed E-state index contributed by atoms with van der Waals surface area (Å²) in [6, 6.07) is 8.43. The van der Waals surface area contributed by atoms with Crippen LogP contribution >= 0.6 is 11.6 Å². The molecule has 0 aliphatic heterocycles. The van der Waals surface area contributed by atoms with Crippen molar-refractivity contribution in [1.82, 2.24) is 5.32 Å². The Labute approximate surface area is 155 Å². The Balaban J connectivity index is 2.08. The number of nitro benzene ring substituents is 1. The number of rotatable bonds is 7. The minimum atomic E-state index is -0.589. The molecule has 6 nitrogen and oxygen atoms in total. The van der Waals surface area contributed by atoms with Gasteiger partial charge < -0.3 is 10.2 Å². The normalized spacial score (nSPS) is 10.5. The van der Waals surface area contributed by atoms with Crippen LogP contribution in [0, 0.1) is 15.9 Å². The average molecular weight is 380 g/mol. The summed E-state index contributed by atoms with van der Waals surface area (Å²) in [7, 11) is 0. The number of hydrogen-bond acceptors (Lipinski definition) is 4. The van der Waals surface area contributed by atoms with Crippen LogP contribution in [-0.4, -0.2) is 23.9 Å². The molecule has 0 fully saturated rings. The Hall–Kier alpha value is -2.67. The second-order valence-corrected chi connectivity index (χ2v) is 5.97. The summed E-state index contributed by atoms with van der Waals surface area (Å²) in [5, 5.41) is 13.3. The molecule has 0 saturated carbocycles. The van der Waals surface area contributed by atoms with E-state index in [1.807, 2.05) is 18.7 Å². The molecule has 138 valence electrons. The quantitative estimate of drug-likeness (QED) is 0.578. The Bertz CT molecular complexity index is 825. The molecule has 0 radical (unpaired) electrons. The zero-order valence-corrected chi connectivity index (χ0v) is 15.2. The second-order valence-electron chi connectivity index (χ2n) is 5.56. The summed E-state index contributed by atoms with van der Waals surface area (Å²) in [5.41, 5.74) is 1.05. The van der Waals surface area contributed by atoms with Gasteiger partial charge >= 0.3 is 0 Å². The molecular weight excluding hydrogens is 361 g/mol. The van der Waals surface area contributed by atoms with Crippen LogP contribution in [0.4, 0.5) is 15.8 Å². The summed E-state index contributed by atoms with van der Waals surface area (Å²) in [4.78, 5) is 24.2. The summed E-state index contributed by atoms with van der Waals surface area (Å²) >= 11 is 5.93. The van der Waals surface area contributed by atoms with Crippen LogP contribution in [0.3, 0.4) is 0 Å². The van der Waals surface area contributed by atoms with Crippen molar-refractivity contribution in [3.05, 3.63) is 68.5 Å². The number of non-ortho nitro benzene ring substituents is 1. The Morgan fingerprint density at radius 1 is 1.23 bits per heavy atom. The highest BCUT2D eigenvalue weighted by Gasteiger charge is 2.15. The summed E-state index contributed by atoms with van der Waals surface area (Å²) < 4.78 is 14.3. The van der Waals surface area contributed by atoms with Crippen molar-refractivity contribution >= 4 is 28.9 Å². The van der Waals surface area contributed by atoms with Crippen molar-refractivity contribution in [2.45, 2.75) is 20.4 Å². The van der Waals surface area contributed by atoms with Crippen LogP contribution in [0.5, 0.6) is 0 Å². The Morgan fingerprint density at radius 3 is 2.46 bits per heavy atom. The maximum atomic E-state index is 14.3. The van der Waals surface area contributed by atoms with Gasteiger partial charge in [0.15, 0.2) is 0 Å². The standard InChI is InChI=1S/C18H19ClFN3O3/c1-3-22(4-2)17-8-5-12(9-16(17)20)11-21-18(24)14-7-6-13(23(25)26)10-15(14)19/h5-10H,3-4,11H2,1-2H3,(H,21,24). The van der Waals surface area contributed by atoms with Gasteiger partial charge in [0.25, 0.3) is 11.6 Å². The first kappa shape index (κ1) is 19.7. The fourth-order valence-corrected chi connectivity index (χ4v) is 2.82. The first-order valence-corrected chi connectivity index (χ1v) is 8.50. The number of anilines is 1. The lowest BCUT2D eigenvalue weighted by molar-refractivity contribution is -0.384. The van der Waals surface area contributed by atoms with E-state index in [1.165, 1.54) is 18.2 Å². The molecule has 8 heteroatoms. The van der Waals surface area contributed by atoms with Crippen molar-refractivity contribution in [2.24, 2.45) is 0 Å². The van der Waals surface area contributed by atoms with Gasteiger partial charge in [-0.2, -0.15) is 0 Å². The SMILES string of the molecule is CCN(CC)c1ccc(CNC(=O)c2ccc([N+](=O)[O-])cc2Cl)cc1F. The van der Waals surface area contributed by atoms with Crippen molar-refractivity contribution in [2.75, 3.05) is 18.0 Å². The molecule has 0 bridgehead atoms. The van der Waals surface area contributed by atoms with E-state index in [1.54, 1.807) is 12.1 Å². The predicted molar refractivity (Wildman–Crippen MR) is 99.2 cm³/mol. The number of halogens is 2. The Kier molecular flexibility index (Phi) is 6.52. The van der Waals surface area contributed by atoms with Gasteiger partial charge in [-0.25, -0.2) is 4.39 Å². The van der Waals surface area contributed by atoms with Crippen LogP contribution in [0.1, 0.15) is 29.8 Å². The van der Waals surface area contributed by atoms with Gasteiger partial charge in [-0.1, -0.05) is 17.7 Å². The number of hydrogen-bond donors (Lipinski definition) is 1. The van der Waals surface area contributed by atoms with Gasteiger partial charge in [-0.15, -0.1) is 0 Å². The minimum Gasteiger partial charge on any atom is -0.370 e. The van der Waals surface area contributed by atoms with Crippen LogP contribution in [0.2, 0.25) is 5.02 Å². The lowest BCUT2D eigenvalue weighted by atomic mass is 10.1.